The van der Waals surface area contributed by atoms with E-state index in [0.29, 0.717) is 39.0 Å². The summed E-state index contributed by atoms with van der Waals surface area (Å²) in [5, 5.41) is 7.52. The largest absolute Gasteiger partial charge is 0.349 e. The SMILES string of the molecule is CCC(=O)N1CCCC1C(=O)NCc1cc2n(n1)CCCN(C(=O)N(C)C)C2. The Morgan fingerprint density at radius 3 is 2.71 bits per heavy atom. The number of fused-ring (bicyclic) bond motifs is 1. The van der Waals surface area contributed by atoms with Crippen LogP contribution in [0.1, 0.15) is 44.0 Å². The number of likely N-dealkylation sites (tertiary alicyclic amines) is 1. The molecule has 3 heterocycles. The Morgan fingerprint density at radius 1 is 1.21 bits per heavy atom. The van der Waals surface area contributed by atoms with Gasteiger partial charge in [-0.3, -0.25) is 14.3 Å². The first-order valence-corrected chi connectivity index (χ1v) is 9.99. The zero-order valence-corrected chi connectivity index (χ0v) is 17.0. The molecule has 1 atom stereocenters. The molecule has 1 unspecified atom stereocenters. The minimum Gasteiger partial charge on any atom is -0.349 e. The Morgan fingerprint density at radius 2 is 2.00 bits per heavy atom. The maximum Gasteiger partial charge on any atom is 0.319 e. The summed E-state index contributed by atoms with van der Waals surface area (Å²) in [6, 6.07) is 1.57. The van der Waals surface area contributed by atoms with Crippen molar-refractivity contribution in [3.05, 3.63) is 17.5 Å². The molecule has 4 amide bonds. The number of rotatable bonds is 4. The van der Waals surface area contributed by atoms with E-state index in [1.165, 1.54) is 0 Å². The van der Waals surface area contributed by atoms with E-state index in [1.54, 1.807) is 23.9 Å². The van der Waals surface area contributed by atoms with Crippen molar-refractivity contribution in [2.45, 2.75) is 58.3 Å². The van der Waals surface area contributed by atoms with Gasteiger partial charge in [-0.15, -0.1) is 0 Å². The molecule has 0 aromatic carbocycles. The van der Waals surface area contributed by atoms with Gasteiger partial charge >= 0.3 is 6.03 Å². The molecule has 9 nitrogen and oxygen atoms in total. The summed E-state index contributed by atoms with van der Waals surface area (Å²) in [5.74, 6) is -0.0936. The molecule has 9 heteroatoms. The normalized spacial score (nSPS) is 19.2. The summed E-state index contributed by atoms with van der Waals surface area (Å²) in [4.78, 5) is 41.9. The van der Waals surface area contributed by atoms with Gasteiger partial charge in [0.25, 0.3) is 0 Å². The lowest BCUT2D eigenvalue weighted by atomic mass is 10.2. The van der Waals surface area contributed by atoms with Crippen LogP contribution in [0, 0.1) is 0 Å². The van der Waals surface area contributed by atoms with E-state index in [0.717, 1.165) is 30.8 Å². The number of amides is 4. The zero-order valence-electron chi connectivity index (χ0n) is 17.0. The van der Waals surface area contributed by atoms with Crippen LogP contribution >= 0.6 is 0 Å². The molecule has 1 N–H and O–H groups in total. The molecule has 1 aromatic heterocycles. The van der Waals surface area contributed by atoms with Crippen molar-refractivity contribution < 1.29 is 14.4 Å². The predicted octanol–water partition coefficient (Wildman–Crippen LogP) is 0.788. The second kappa shape index (κ2) is 8.62. The zero-order chi connectivity index (χ0) is 20.3. The first-order valence-electron chi connectivity index (χ1n) is 9.99. The average molecular weight is 390 g/mol. The first-order chi connectivity index (χ1) is 13.4. The number of hydrogen-bond acceptors (Lipinski definition) is 4. The lowest BCUT2D eigenvalue weighted by molar-refractivity contribution is -0.138. The highest BCUT2D eigenvalue weighted by Gasteiger charge is 2.33. The fourth-order valence-electron chi connectivity index (χ4n) is 3.89. The molecular formula is C19H30N6O3. The molecule has 0 saturated carbocycles. The third-order valence-corrected chi connectivity index (χ3v) is 5.34. The molecular weight excluding hydrogens is 360 g/mol. The molecule has 0 radical (unpaired) electrons. The van der Waals surface area contributed by atoms with Gasteiger partial charge in [0, 0.05) is 40.2 Å². The van der Waals surface area contributed by atoms with Gasteiger partial charge in [-0.05, 0) is 25.3 Å². The molecule has 2 aliphatic rings. The lowest BCUT2D eigenvalue weighted by Crippen LogP contribution is -2.45. The highest BCUT2D eigenvalue weighted by Crippen LogP contribution is 2.19. The molecule has 1 fully saturated rings. The van der Waals surface area contributed by atoms with Gasteiger partial charge < -0.3 is 20.0 Å². The second-order valence-corrected chi connectivity index (χ2v) is 7.62. The molecule has 0 spiro atoms. The number of hydrogen-bond donors (Lipinski definition) is 1. The van der Waals surface area contributed by atoms with E-state index in [-0.39, 0.29) is 23.9 Å². The third kappa shape index (κ3) is 4.28. The van der Waals surface area contributed by atoms with Gasteiger partial charge in [0.05, 0.1) is 24.5 Å². The van der Waals surface area contributed by atoms with Crippen LogP contribution in [-0.2, 0) is 29.2 Å². The molecule has 1 saturated heterocycles. The second-order valence-electron chi connectivity index (χ2n) is 7.62. The van der Waals surface area contributed by atoms with Crippen molar-refractivity contribution in [2.24, 2.45) is 0 Å². The molecule has 154 valence electrons. The summed E-state index contributed by atoms with van der Waals surface area (Å²) in [6.45, 7) is 4.76. The van der Waals surface area contributed by atoms with E-state index < -0.39 is 0 Å². The van der Waals surface area contributed by atoms with E-state index in [2.05, 4.69) is 10.4 Å². The van der Waals surface area contributed by atoms with Crippen LogP contribution in [-0.4, -0.2) is 75.6 Å². The van der Waals surface area contributed by atoms with Crippen LogP contribution in [0.2, 0.25) is 0 Å². The Kier molecular flexibility index (Phi) is 6.21. The van der Waals surface area contributed by atoms with Gasteiger partial charge in [-0.25, -0.2) is 4.79 Å². The van der Waals surface area contributed by atoms with Crippen molar-refractivity contribution in [3.8, 4) is 0 Å². The van der Waals surface area contributed by atoms with Gasteiger partial charge in [-0.1, -0.05) is 6.92 Å². The number of carbonyl (C=O) groups excluding carboxylic acids is 3. The number of nitrogens with one attached hydrogen (secondary N) is 1. The fraction of sp³-hybridized carbons (Fsp3) is 0.684. The van der Waals surface area contributed by atoms with Gasteiger partial charge in [0.15, 0.2) is 0 Å². The van der Waals surface area contributed by atoms with Crippen LogP contribution < -0.4 is 5.32 Å². The quantitative estimate of drug-likeness (QED) is 0.823. The molecule has 1 aromatic rings. The fourth-order valence-corrected chi connectivity index (χ4v) is 3.89. The summed E-state index contributed by atoms with van der Waals surface area (Å²) < 4.78 is 1.92. The Hall–Kier alpha value is -2.58. The number of aryl methyl sites for hydroxylation is 1. The average Bonchev–Trinajstić information content (AvgIpc) is 3.27. The number of carbonyl (C=O) groups is 3. The maximum absolute atomic E-state index is 12.6. The number of urea groups is 1. The third-order valence-electron chi connectivity index (χ3n) is 5.34. The van der Waals surface area contributed by atoms with Crippen molar-refractivity contribution in [3.63, 3.8) is 0 Å². The number of nitrogens with zero attached hydrogens (tertiary/aromatic N) is 5. The van der Waals surface area contributed by atoms with E-state index in [4.69, 9.17) is 0 Å². The predicted molar refractivity (Wildman–Crippen MR) is 103 cm³/mol. The van der Waals surface area contributed by atoms with E-state index in [1.807, 2.05) is 22.6 Å². The Balaban J connectivity index is 1.61. The standard InChI is InChI=1S/C19H30N6O3/c1-4-17(26)24-9-5-7-16(24)18(27)20-12-14-11-15-13-23(19(28)22(2)3)8-6-10-25(15)21-14/h11,16H,4-10,12-13H2,1-3H3,(H,20,27). The molecule has 0 aliphatic carbocycles. The van der Waals surface area contributed by atoms with Gasteiger partial charge in [0.1, 0.15) is 6.04 Å². The lowest BCUT2D eigenvalue weighted by Gasteiger charge is -2.24. The highest BCUT2D eigenvalue weighted by molar-refractivity contribution is 5.88. The van der Waals surface area contributed by atoms with Crippen molar-refractivity contribution >= 4 is 17.8 Å². The highest BCUT2D eigenvalue weighted by atomic mass is 16.2. The van der Waals surface area contributed by atoms with E-state index >= 15 is 0 Å². The van der Waals surface area contributed by atoms with Crippen LogP contribution in [0.25, 0.3) is 0 Å². The molecule has 3 rings (SSSR count). The molecule has 0 bridgehead atoms. The van der Waals surface area contributed by atoms with E-state index in [9.17, 15) is 14.4 Å². The summed E-state index contributed by atoms with van der Waals surface area (Å²) >= 11 is 0. The summed E-state index contributed by atoms with van der Waals surface area (Å²) in [6.07, 6.45) is 2.83. The Bertz CT molecular complexity index is 744. The van der Waals surface area contributed by atoms with Crippen molar-refractivity contribution in [1.82, 2.24) is 29.8 Å². The van der Waals surface area contributed by atoms with Gasteiger partial charge in [-0.2, -0.15) is 5.10 Å². The molecule has 28 heavy (non-hydrogen) atoms. The van der Waals surface area contributed by atoms with Crippen LogP contribution in [0.15, 0.2) is 6.07 Å². The first kappa shape index (κ1) is 20.2. The minimum absolute atomic E-state index is 0.00795. The smallest absolute Gasteiger partial charge is 0.319 e. The monoisotopic (exact) mass is 390 g/mol. The maximum atomic E-state index is 12.6. The van der Waals surface area contributed by atoms with Crippen LogP contribution in [0.5, 0.6) is 0 Å². The van der Waals surface area contributed by atoms with Crippen LogP contribution in [0.4, 0.5) is 4.79 Å². The topological polar surface area (TPSA) is 90.8 Å². The minimum atomic E-state index is -0.374. The Labute approximate surface area is 165 Å². The number of aromatic nitrogens is 2. The van der Waals surface area contributed by atoms with Crippen molar-refractivity contribution in [1.29, 1.82) is 0 Å². The van der Waals surface area contributed by atoms with Crippen LogP contribution in [0.3, 0.4) is 0 Å². The van der Waals surface area contributed by atoms with Gasteiger partial charge in [0.2, 0.25) is 11.8 Å². The summed E-state index contributed by atoms with van der Waals surface area (Å²) in [5.41, 5.74) is 1.74. The summed E-state index contributed by atoms with van der Waals surface area (Å²) in [7, 11) is 3.50. The van der Waals surface area contributed by atoms with Crippen molar-refractivity contribution in [2.75, 3.05) is 27.2 Å². The molecule has 2 aliphatic heterocycles.